The number of nitrogens with one attached hydrogen (secondary N) is 3. The summed E-state index contributed by atoms with van der Waals surface area (Å²) >= 11 is 0. The van der Waals surface area contributed by atoms with E-state index in [1.54, 1.807) is 0 Å². The molecular weight excluding hydrogens is 799 g/mol. The molecule has 4 N–H and O–H groups in total. The third kappa shape index (κ3) is 41.8. The number of carbonyl (C=O) groups is 4. The highest BCUT2D eigenvalue weighted by Crippen LogP contribution is 2.20. The Hall–Kier alpha value is -3.49. The number of rotatable bonds is 42. The van der Waals surface area contributed by atoms with E-state index in [9.17, 15) is 24.0 Å². The fourth-order valence-corrected chi connectivity index (χ4v) is 6.28. The average Bonchev–Trinajstić information content (AvgIpc) is 3.18. The number of hydrogen-bond donors (Lipinski definition) is 4. The van der Waals surface area contributed by atoms with E-state index in [2.05, 4.69) is 22.5 Å². The SMILES string of the molecule is C=C(OC(C)(C)C)C(CCC(=C=O)NCCOCCOCC(=O)NCCOCCOCC(=O)O)NC(=O)CCCCCCCCCCCCCCCCCCC(=O)OC(C)(C)C. The maximum absolute atomic E-state index is 12.9. The summed E-state index contributed by atoms with van der Waals surface area (Å²) in [5.41, 5.74) is -0.524. The van der Waals surface area contributed by atoms with Gasteiger partial charge in [-0.1, -0.05) is 96.5 Å². The minimum atomic E-state index is -1.04. The zero-order chi connectivity index (χ0) is 46.3. The van der Waals surface area contributed by atoms with Crippen molar-refractivity contribution in [2.75, 3.05) is 65.9 Å². The first-order chi connectivity index (χ1) is 29.5. The zero-order valence-electron chi connectivity index (χ0n) is 39.4. The molecule has 0 aliphatic rings. The molecule has 1 unspecified atom stereocenters. The molecule has 0 fully saturated rings. The van der Waals surface area contributed by atoms with Gasteiger partial charge < -0.3 is 49.5 Å². The summed E-state index contributed by atoms with van der Waals surface area (Å²) in [5.74, 6) is 0.915. The molecule has 62 heavy (non-hydrogen) atoms. The van der Waals surface area contributed by atoms with Crippen LogP contribution in [0.4, 0.5) is 0 Å². The van der Waals surface area contributed by atoms with Crippen molar-refractivity contribution in [2.45, 2.75) is 187 Å². The Bertz CT molecular complexity index is 1260. The molecular formula is C47H85N3O12. The molecule has 15 heteroatoms. The van der Waals surface area contributed by atoms with E-state index in [1.165, 1.54) is 70.6 Å². The first-order valence-electron chi connectivity index (χ1n) is 23.2. The first-order valence-corrected chi connectivity index (χ1v) is 23.2. The molecule has 0 aromatic heterocycles. The van der Waals surface area contributed by atoms with Crippen LogP contribution in [0.15, 0.2) is 18.0 Å². The van der Waals surface area contributed by atoms with Crippen molar-refractivity contribution in [2.24, 2.45) is 0 Å². The van der Waals surface area contributed by atoms with Crippen LogP contribution in [0.3, 0.4) is 0 Å². The van der Waals surface area contributed by atoms with Crippen LogP contribution < -0.4 is 16.0 Å². The molecule has 0 saturated heterocycles. The summed E-state index contributed by atoms with van der Waals surface area (Å²) in [6.07, 6.45) is 20.6. The molecule has 0 saturated carbocycles. The van der Waals surface area contributed by atoms with Gasteiger partial charge in [-0.15, -0.1) is 0 Å². The van der Waals surface area contributed by atoms with E-state index >= 15 is 0 Å². The third-order valence-electron chi connectivity index (χ3n) is 9.28. The Balaban J connectivity index is 4.06. The summed E-state index contributed by atoms with van der Waals surface area (Å²) < 4.78 is 32.3. The number of hydrogen-bond acceptors (Lipinski definition) is 12. The largest absolute Gasteiger partial charge is 0.491 e. The van der Waals surface area contributed by atoms with Gasteiger partial charge in [0.05, 0.1) is 51.4 Å². The number of carboxylic acids is 1. The van der Waals surface area contributed by atoms with Crippen molar-refractivity contribution in [3.8, 4) is 0 Å². The van der Waals surface area contributed by atoms with Gasteiger partial charge in [-0.3, -0.25) is 14.4 Å². The molecule has 0 aliphatic carbocycles. The Morgan fingerprint density at radius 2 is 0.984 bits per heavy atom. The fourth-order valence-electron chi connectivity index (χ4n) is 6.28. The lowest BCUT2D eigenvalue weighted by atomic mass is 10.0. The van der Waals surface area contributed by atoms with Gasteiger partial charge in [-0.2, -0.15) is 0 Å². The highest BCUT2D eigenvalue weighted by Gasteiger charge is 2.22. The maximum atomic E-state index is 12.9. The second-order valence-corrected chi connectivity index (χ2v) is 17.7. The van der Waals surface area contributed by atoms with Crippen LogP contribution in [-0.4, -0.2) is 118 Å². The normalized spacial score (nSPS) is 12.0. The standard InChI is InChI=1S/C47H85N3O12/c1-39(61-46(2,3)4)41(27-26-40(36-51)48-28-30-57-32-34-59-37-43(53)49-29-31-58-33-35-60-38-44(54)55)50-42(52)24-22-20-18-16-14-12-10-8-9-11-13-15-17-19-21-23-25-45(56)62-47(5,6)7/h41,48H,1,8-35,37-38H2,2-7H3,(H,49,53)(H,50,52)(H,54,55). The Morgan fingerprint density at radius 3 is 1.45 bits per heavy atom. The monoisotopic (exact) mass is 884 g/mol. The lowest BCUT2D eigenvalue weighted by Crippen LogP contribution is -2.39. The first kappa shape index (κ1) is 58.5. The van der Waals surface area contributed by atoms with Crippen LogP contribution >= 0.6 is 0 Å². The molecule has 0 radical (unpaired) electrons. The molecule has 0 bridgehead atoms. The number of unbranched alkanes of at least 4 members (excludes halogenated alkanes) is 15. The van der Waals surface area contributed by atoms with Crippen molar-refractivity contribution < 1.29 is 57.5 Å². The van der Waals surface area contributed by atoms with Gasteiger partial charge in [-0.05, 0) is 60.8 Å². The van der Waals surface area contributed by atoms with Crippen molar-refractivity contribution in [1.82, 2.24) is 16.0 Å². The summed E-state index contributed by atoms with van der Waals surface area (Å²) in [4.78, 5) is 58.6. The van der Waals surface area contributed by atoms with Crippen molar-refractivity contribution in [3.63, 3.8) is 0 Å². The van der Waals surface area contributed by atoms with Gasteiger partial charge in [0, 0.05) is 32.4 Å². The Labute approximate surface area is 373 Å². The second kappa shape index (κ2) is 38.0. The number of esters is 1. The fraction of sp³-hybridized carbons (Fsp3) is 0.830. The van der Waals surface area contributed by atoms with Crippen LogP contribution in [0.1, 0.15) is 170 Å². The van der Waals surface area contributed by atoms with Crippen molar-refractivity contribution >= 4 is 29.7 Å². The predicted molar refractivity (Wildman–Crippen MR) is 241 cm³/mol. The lowest BCUT2D eigenvalue weighted by Gasteiger charge is -2.28. The highest BCUT2D eigenvalue weighted by molar-refractivity contribution is 5.77. The number of allylic oxidation sites excluding steroid dienone is 1. The molecule has 0 spiro atoms. The number of ether oxygens (including phenoxy) is 6. The van der Waals surface area contributed by atoms with Gasteiger partial charge in [-0.25, -0.2) is 9.59 Å². The maximum Gasteiger partial charge on any atom is 0.329 e. The third-order valence-corrected chi connectivity index (χ3v) is 9.28. The summed E-state index contributed by atoms with van der Waals surface area (Å²) in [5, 5.41) is 17.3. The van der Waals surface area contributed by atoms with Gasteiger partial charge in [0.25, 0.3) is 0 Å². The predicted octanol–water partition coefficient (Wildman–Crippen LogP) is 7.52. The average molecular weight is 884 g/mol. The van der Waals surface area contributed by atoms with E-state index < -0.39 is 23.2 Å². The number of carbonyl (C=O) groups excluding carboxylic acids is 4. The summed E-state index contributed by atoms with van der Waals surface area (Å²) in [7, 11) is 0. The van der Waals surface area contributed by atoms with E-state index in [1.807, 2.05) is 47.5 Å². The number of amides is 2. The topological polar surface area (TPSA) is 197 Å². The van der Waals surface area contributed by atoms with Crippen LogP contribution in [0.25, 0.3) is 0 Å². The quantitative estimate of drug-likeness (QED) is 0.0204. The minimum Gasteiger partial charge on any atom is -0.491 e. The van der Waals surface area contributed by atoms with Gasteiger partial charge >= 0.3 is 11.9 Å². The van der Waals surface area contributed by atoms with Crippen molar-refractivity contribution in [3.05, 3.63) is 18.0 Å². The lowest BCUT2D eigenvalue weighted by molar-refractivity contribution is -0.155. The Kier molecular flexibility index (Phi) is 35.9. The molecule has 0 rings (SSSR count). The van der Waals surface area contributed by atoms with E-state index in [0.29, 0.717) is 50.3 Å². The highest BCUT2D eigenvalue weighted by atomic mass is 16.6. The molecule has 15 nitrogen and oxygen atoms in total. The van der Waals surface area contributed by atoms with Crippen molar-refractivity contribution in [1.29, 1.82) is 0 Å². The summed E-state index contributed by atoms with van der Waals surface area (Å²) in [6.45, 7) is 17.1. The van der Waals surface area contributed by atoms with E-state index in [0.717, 1.165) is 32.1 Å². The number of aliphatic carboxylic acids is 1. The second-order valence-electron chi connectivity index (χ2n) is 17.7. The number of carboxylic acid groups (broad SMARTS) is 1. The van der Waals surface area contributed by atoms with Crippen LogP contribution in [0.5, 0.6) is 0 Å². The molecule has 360 valence electrons. The van der Waals surface area contributed by atoms with E-state index in [-0.39, 0.29) is 70.6 Å². The molecule has 2 amide bonds. The van der Waals surface area contributed by atoms with E-state index in [4.69, 9.17) is 33.5 Å². The molecule has 0 aromatic rings. The minimum absolute atomic E-state index is 0.0594. The van der Waals surface area contributed by atoms with Crippen LogP contribution in [0, 0.1) is 0 Å². The molecule has 1 atom stereocenters. The zero-order valence-corrected chi connectivity index (χ0v) is 39.4. The van der Waals surface area contributed by atoms with Crippen LogP contribution in [-0.2, 0) is 52.4 Å². The molecule has 0 aromatic carbocycles. The van der Waals surface area contributed by atoms with Crippen LogP contribution in [0.2, 0.25) is 0 Å². The van der Waals surface area contributed by atoms with Gasteiger partial charge in [0.1, 0.15) is 36.1 Å². The Morgan fingerprint density at radius 1 is 0.548 bits per heavy atom. The smallest absolute Gasteiger partial charge is 0.329 e. The molecule has 0 heterocycles. The molecule has 0 aliphatic heterocycles. The summed E-state index contributed by atoms with van der Waals surface area (Å²) in [6, 6.07) is -0.461. The van der Waals surface area contributed by atoms with Gasteiger partial charge in [0.2, 0.25) is 11.8 Å². The van der Waals surface area contributed by atoms with Gasteiger partial charge in [0.15, 0.2) is 0 Å².